The number of ether oxygens (including phenoxy) is 3. The molecule has 8 heteroatoms. The van der Waals surface area contributed by atoms with Gasteiger partial charge in [0.25, 0.3) is 0 Å². The highest BCUT2D eigenvalue weighted by molar-refractivity contribution is 5.90. The van der Waals surface area contributed by atoms with Crippen molar-refractivity contribution >= 4 is 17.8 Å². The molecule has 0 heterocycles. The van der Waals surface area contributed by atoms with Gasteiger partial charge in [-0.1, -0.05) is 80.6 Å². The van der Waals surface area contributed by atoms with Crippen LogP contribution in [0.3, 0.4) is 0 Å². The van der Waals surface area contributed by atoms with Gasteiger partial charge in [-0.3, -0.25) is 9.59 Å². The summed E-state index contributed by atoms with van der Waals surface area (Å²) in [5, 5.41) is 5.38. The van der Waals surface area contributed by atoms with Gasteiger partial charge in [-0.05, 0) is 34.7 Å². The minimum atomic E-state index is -0.962. The molecule has 0 radical (unpaired) electrons. The summed E-state index contributed by atoms with van der Waals surface area (Å²) in [7, 11) is 1.27. The number of hydrogen-bond donors (Lipinski definition) is 2. The lowest BCUT2D eigenvalue weighted by Gasteiger charge is -2.24. The second-order valence-electron chi connectivity index (χ2n) is 9.54. The lowest BCUT2D eigenvalue weighted by atomic mass is 10.0. The quantitative estimate of drug-likeness (QED) is 0.320. The maximum absolute atomic E-state index is 13.0. The maximum atomic E-state index is 13.0. The van der Waals surface area contributed by atoms with Crippen LogP contribution in [-0.2, 0) is 38.8 Å². The largest absolute Gasteiger partial charge is 0.485 e. The van der Waals surface area contributed by atoms with E-state index in [2.05, 4.69) is 10.6 Å². The molecule has 0 saturated carbocycles. The molecule has 0 fully saturated rings. The summed E-state index contributed by atoms with van der Waals surface area (Å²) >= 11 is 0. The zero-order chi connectivity index (χ0) is 28.2. The molecule has 39 heavy (non-hydrogen) atoms. The number of rotatable bonds is 13. The number of carbonyl (C=O) groups excluding carboxylic acids is 3. The molecule has 2 N–H and O–H groups in total. The first-order chi connectivity index (χ1) is 18.8. The van der Waals surface area contributed by atoms with Crippen molar-refractivity contribution in [1.29, 1.82) is 0 Å². The van der Waals surface area contributed by atoms with E-state index in [1.54, 1.807) is 12.1 Å². The van der Waals surface area contributed by atoms with Crippen molar-refractivity contribution in [2.45, 2.75) is 52.5 Å². The molecule has 0 aliphatic rings. The van der Waals surface area contributed by atoms with E-state index in [-0.39, 0.29) is 18.2 Å². The van der Waals surface area contributed by atoms with Crippen LogP contribution in [0, 0.1) is 5.92 Å². The fraction of sp³-hybridized carbons (Fsp3) is 0.323. The number of hydrogen-bond acceptors (Lipinski definition) is 6. The van der Waals surface area contributed by atoms with Crippen molar-refractivity contribution in [2.24, 2.45) is 5.92 Å². The molecule has 0 unspecified atom stereocenters. The van der Waals surface area contributed by atoms with Crippen LogP contribution in [0.25, 0.3) is 0 Å². The van der Waals surface area contributed by atoms with E-state index >= 15 is 0 Å². The number of nitrogens with one attached hydrogen (secondary N) is 2. The second-order valence-corrected chi connectivity index (χ2v) is 9.54. The van der Waals surface area contributed by atoms with Crippen molar-refractivity contribution in [3.63, 3.8) is 0 Å². The zero-order valence-electron chi connectivity index (χ0n) is 22.8. The monoisotopic (exact) mass is 532 g/mol. The van der Waals surface area contributed by atoms with Crippen molar-refractivity contribution in [1.82, 2.24) is 10.6 Å². The number of carbonyl (C=O) groups is 3. The summed E-state index contributed by atoms with van der Waals surface area (Å²) < 4.78 is 17.2. The summed E-state index contributed by atoms with van der Waals surface area (Å²) in [5.41, 5.74) is 2.75. The molecule has 0 aromatic heterocycles. The summed E-state index contributed by atoms with van der Waals surface area (Å²) in [5.74, 6) is -0.483. The number of benzene rings is 3. The van der Waals surface area contributed by atoms with Crippen molar-refractivity contribution in [3.05, 3.63) is 95.6 Å². The molecule has 3 aromatic rings. The Kier molecular flexibility index (Phi) is 10.9. The Bertz CT molecular complexity index is 1230. The van der Waals surface area contributed by atoms with Crippen molar-refractivity contribution < 1.29 is 28.6 Å². The van der Waals surface area contributed by atoms with Crippen LogP contribution in [0.4, 0.5) is 0 Å². The van der Waals surface area contributed by atoms with E-state index in [0.29, 0.717) is 24.7 Å². The minimum absolute atomic E-state index is 0.157. The highest BCUT2D eigenvalue weighted by Crippen LogP contribution is 2.31. The fourth-order valence-electron chi connectivity index (χ4n) is 3.97. The fourth-order valence-corrected chi connectivity index (χ4v) is 3.97. The molecule has 3 aromatic carbocycles. The normalized spacial score (nSPS) is 12.2. The van der Waals surface area contributed by atoms with Crippen LogP contribution in [0.5, 0.6) is 11.5 Å². The first-order valence-corrected chi connectivity index (χ1v) is 12.9. The molecule has 0 saturated heterocycles. The van der Waals surface area contributed by atoms with E-state index in [1.165, 1.54) is 14.0 Å². The Labute approximate surface area is 229 Å². The Hall–Kier alpha value is -4.33. The average molecular weight is 533 g/mol. The van der Waals surface area contributed by atoms with Gasteiger partial charge in [-0.2, -0.15) is 0 Å². The summed E-state index contributed by atoms with van der Waals surface area (Å²) in [6.07, 6.45) is 0.157. The summed E-state index contributed by atoms with van der Waals surface area (Å²) in [4.78, 5) is 37.2. The lowest BCUT2D eigenvalue weighted by molar-refractivity contribution is -0.145. The summed E-state index contributed by atoms with van der Waals surface area (Å²) in [6, 6.07) is 23.2. The zero-order valence-corrected chi connectivity index (χ0v) is 22.8. The first kappa shape index (κ1) is 29.2. The average Bonchev–Trinajstić information content (AvgIpc) is 2.94. The Morgan fingerprint density at radius 3 is 1.82 bits per heavy atom. The smallest absolute Gasteiger partial charge is 0.328 e. The Balaban J connectivity index is 1.81. The molecule has 0 bridgehead atoms. The molecule has 0 aliphatic heterocycles. The lowest BCUT2D eigenvalue weighted by Crippen LogP contribution is -2.54. The van der Waals surface area contributed by atoms with Crippen LogP contribution < -0.4 is 20.1 Å². The topological polar surface area (TPSA) is 103 Å². The summed E-state index contributed by atoms with van der Waals surface area (Å²) in [6.45, 7) is 5.67. The van der Waals surface area contributed by atoms with Gasteiger partial charge < -0.3 is 24.8 Å². The molecule has 0 aliphatic carbocycles. The van der Waals surface area contributed by atoms with Crippen LogP contribution in [0.1, 0.15) is 37.5 Å². The van der Waals surface area contributed by atoms with E-state index in [9.17, 15) is 14.4 Å². The number of esters is 1. The van der Waals surface area contributed by atoms with Crippen LogP contribution in [-0.4, -0.2) is 37.0 Å². The molecular formula is C31H36N2O6. The van der Waals surface area contributed by atoms with Crippen LogP contribution in [0.2, 0.25) is 0 Å². The third-order valence-electron chi connectivity index (χ3n) is 6.03. The van der Waals surface area contributed by atoms with Gasteiger partial charge in [-0.15, -0.1) is 0 Å². The van der Waals surface area contributed by atoms with Gasteiger partial charge in [0.05, 0.1) is 7.11 Å². The molecule has 2 atom stereocenters. The third kappa shape index (κ3) is 9.17. The van der Waals surface area contributed by atoms with Gasteiger partial charge in [0.1, 0.15) is 25.3 Å². The van der Waals surface area contributed by atoms with Crippen molar-refractivity contribution in [3.8, 4) is 11.5 Å². The van der Waals surface area contributed by atoms with Gasteiger partial charge in [0, 0.05) is 13.3 Å². The van der Waals surface area contributed by atoms with Crippen LogP contribution >= 0.6 is 0 Å². The van der Waals surface area contributed by atoms with Crippen LogP contribution in [0.15, 0.2) is 78.9 Å². The molecule has 3 rings (SSSR count). The van der Waals surface area contributed by atoms with Gasteiger partial charge in [-0.25, -0.2) is 4.79 Å². The van der Waals surface area contributed by atoms with Gasteiger partial charge in [0.15, 0.2) is 11.5 Å². The Morgan fingerprint density at radius 1 is 0.744 bits per heavy atom. The predicted molar refractivity (Wildman–Crippen MR) is 148 cm³/mol. The molecule has 206 valence electrons. The van der Waals surface area contributed by atoms with E-state index in [0.717, 1.165) is 16.7 Å². The van der Waals surface area contributed by atoms with Crippen molar-refractivity contribution in [2.75, 3.05) is 7.11 Å². The molecule has 2 amide bonds. The maximum Gasteiger partial charge on any atom is 0.328 e. The third-order valence-corrected chi connectivity index (χ3v) is 6.03. The number of amides is 2. The molecule has 8 nitrogen and oxygen atoms in total. The predicted octanol–water partition coefficient (Wildman–Crippen LogP) is 4.21. The Morgan fingerprint density at radius 2 is 1.31 bits per heavy atom. The second kappa shape index (κ2) is 14.6. The SMILES string of the molecule is COC(=O)[C@@H](Cc1ccc(OCc2ccccc2)c(OCc2ccccc2)c1)NC(=O)[C@H](NC(C)=O)C(C)C. The molecular weight excluding hydrogens is 496 g/mol. The van der Waals surface area contributed by atoms with E-state index in [4.69, 9.17) is 14.2 Å². The van der Waals surface area contributed by atoms with Gasteiger partial charge >= 0.3 is 5.97 Å². The first-order valence-electron chi connectivity index (χ1n) is 12.9. The van der Waals surface area contributed by atoms with Gasteiger partial charge in [0.2, 0.25) is 11.8 Å². The van der Waals surface area contributed by atoms with E-state index < -0.39 is 24.0 Å². The van der Waals surface area contributed by atoms with E-state index in [1.807, 2.05) is 80.6 Å². The standard InChI is InChI=1S/C31H36N2O6/c1-21(2)29(32-22(3)34)30(35)33-26(31(36)37-4)17-25-15-16-27(38-19-23-11-7-5-8-12-23)28(18-25)39-20-24-13-9-6-10-14-24/h5-16,18,21,26,29H,17,19-20H2,1-4H3,(H,32,34)(H,33,35)/t26-,29-/m1/s1. The highest BCUT2D eigenvalue weighted by Gasteiger charge is 2.29. The number of methoxy groups -OCH3 is 1. The highest BCUT2D eigenvalue weighted by atomic mass is 16.5. The minimum Gasteiger partial charge on any atom is -0.485 e. The molecule has 0 spiro atoms.